The molecule has 3 nitrogen and oxygen atoms in total. The molecule has 1 rings (SSSR count). The first-order chi connectivity index (χ1) is 8.55. The molecule has 102 valence electrons. The number of unbranched alkanes of at least 4 members (excludes halogenated alkanes) is 1. The van der Waals surface area contributed by atoms with Crippen LogP contribution in [-0.4, -0.2) is 50.0 Å². The molecule has 18 heavy (non-hydrogen) atoms. The van der Waals surface area contributed by atoms with Gasteiger partial charge in [0.15, 0.2) is 0 Å². The molecule has 0 atom stereocenters. The van der Waals surface area contributed by atoms with E-state index in [0.29, 0.717) is 0 Å². The molecule has 0 bridgehead atoms. The maximum Gasteiger partial charge on any atom is 0.132 e. The average Bonchev–Trinajstić information content (AvgIpc) is 2.31. The summed E-state index contributed by atoms with van der Waals surface area (Å²) in [5.74, 6) is 0.974. The smallest absolute Gasteiger partial charge is 0.132 e. The zero-order valence-electron chi connectivity index (χ0n) is 11.2. The van der Waals surface area contributed by atoms with E-state index in [1.807, 2.05) is 18.2 Å². The molecule has 0 unspecified atom stereocenters. The van der Waals surface area contributed by atoms with Gasteiger partial charge < -0.3 is 14.3 Å². The molecule has 0 aliphatic heterocycles. The molecule has 1 aromatic carbocycles. The highest BCUT2D eigenvalue weighted by Gasteiger charge is 2.12. The topological polar surface area (TPSA) is 29.5 Å². The number of hydrogen-bond donors (Lipinski definition) is 1. The summed E-state index contributed by atoms with van der Waals surface area (Å²) >= 11 is 2.29. The van der Waals surface area contributed by atoms with Gasteiger partial charge in [0.05, 0.1) is 37.4 Å². The molecular formula is C14H23INO2+. The van der Waals surface area contributed by atoms with Crippen LogP contribution in [0, 0.1) is 3.57 Å². The third-order valence-electron chi connectivity index (χ3n) is 2.96. The number of quaternary nitrogens is 1. The second kappa shape index (κ2) is 7.96. The molecule has 0 aliphatic rings. The van der Waals surface area contributed by atoms with E-state index < -0.39 is 0 Å². The summed E-state index contributed by atoms with van der Waals surface area (Å²) in [6, 6.07) is 8.08. The molecule has 0 saturated carbocycles. The van der Waals surface area contributed by atoms with Crippen molar-refractivity contribution in [2.75, 3.05) is 40.4 Å². The Morgan fingerprint density at radius 2 is 1.89 bits per heavy atom. The molecule has 0 aliphatic carbocycles. The highest BCUT2D eigenvalue weighted by Crippen LogP contribution is 2.19. The molecule has 1 aromatic rings. The number of para-hydroxylation sites is 1. The first-order valence-corrected chi connectivity index (χ1v) is 7.43. The minimum absolute atomic E-state index is 0.256. The van der Waals surface area contributed by atoms with Crippen molar-refractivity contribution < 1.29 is 14.3 Å². The maximum absolute atomic E-state index is 8.94. The van der Waals surface area contributed by atoms with E-state index in [4.69, 9.17) is 9.84 Å². The van der Waals surface area contributed by atoms with E-state index in [0.717, 1.165) is 46.3 Å². The van der Waals surface area contributed by atoms with Gasteiger partial charge in [0, 0.05) is 0 Å². The van der Waals surface area contributed by atoms with Crippen molar-refractivity contribution in [3.8, 4) is 5.75 Å². The third kappa shape index (κ3) is 6.02. The van der Waals surface area contributed by atoms with Gasteiger partial charge in [-0.25, -0.2) is 0 Å². The quantitative estimate of drug-likeness (QED) is 0.436. The van der Waals surface area contributed by atoms with Crippen LogP contribution in [0.3, 0.4) is 0 Å². The minimum Gasteiger partial charge on any atom is -0.492 e. The van der Waals surface area contributed by atoms with Crippen LogP contribution in [0.1, 0.15) is 12.8 Å². The maximum atomic E-state index is 8.94. The van der Waals surface area contributed by atoms with Crippen molar-refractivity contribution in [2.24, 2.45) is 0 Å². The van der Waals surface area contributed by atoms with Gasteiger partial charge in [0.2, 0.25) is 0 Å². The van der Waals surface area contributed by atoms with Crippen LogP contribution in [0.5, 0.6) is 5.75 Å². The molecule has 0 saturated heterocycles. The van der Waals surface area contributed by atoms with Crippen molar-refractivity contribution in [2.45, 2.75) is 12.8 Å². The lowest BCUT2D eigenvalue weighted by molar-refractivity contribution is -0.890. The molecule has 0 aromatic heterocycles. The SMILES string of the molecule is C[N+](C)(CCO)CCCCOc1ccccc1I. The lowest BCUT2D eigenvalue weighted by atomic mass is 10.3. The normalized spacial score (nSPS) is 11.6. The number of aliphatic hydroxyl groups excluding tert-OH is 1. The summed E-state index contributed by atoms with van der Waals surface area (Å²) in [6.07, 6.45) is 2.18. The summed E-state index contributed by atoms with van der Waals surface area (Å²) < 4.78 is 7.78. The Balaban J connectivity index is 2.18. The molecule has 1 N–H and O–H groups in total. The highest BCUT2D eigenvalue weighted by molar-refractivity contribution is 14.1. The number of nitrogens with zero attached hydrogens (tertiary/aromatic N) is 1. The van der Waals surface area contributed by atoms with Gasteiger partial charge in [-0.15, -0.1) is 0 Å². The number of hydrogen-bond acceptors (Lipinski definition) is 2. The van der Waals surface area contributed by atoms with Crippen LogP contribution in [0.25, 0.3) is 0 Å². The Kier molecular flexibility index (Phi) is 6.96. The van der Waals surface area contributed by atoms with E-state index in [2.05, 4.69) is 42.8 Å². The summed E-state index contributed by atoms with van der Waals surface area (Å²) in [4.78, 5) is 0. The van der Waals surface area contributed by atoms with Crippen molar-refractivity contribution in [3.05, 3.63) is 27.8 Å². The molecule has 0 fully saturated rings. The zero-order chi connectivity index (χ0) is 13.4. The van der Waals surface area contributed by atoms with Gasteiger partial charge in [0.25, 0.3) is 0 Å². The lowest BCUT2D eigenvalue weighted by Gasteiger charge is -2.28. The second-order valence-electron chi connectivity index (χ2n) is 5.09. The van der Waals surface area contributed by atoms with E-state index in [9.17, 15) is 0 Å². The van der Waals surface area contributed by atoms with Crippen molar-refractivity contribution in [1.29, 1.82) is 0 Å². The Bertz CT molecular complexity index is 355. The van der Waals surface area contributed by atoms with E-state index in [1.54, 1.807) is 0 Å². The van der Waals surface area contributed by atoms with Gasteiger partial charge in [-0.3, -0.25) is 0 Å². The first-order valence-electron chi connectivity index (χ1n) is 6.35. The molecule has 0 heterocycles. The number of aliphatic hydroxyl groups is 1. The van der Waals surface area contributed by atoms with Crippen molar-refractivity contribution in [1.82, 2.24) is 0 Å². The standard InChI is InChI=1S/C14H23INO2/c1-16(2,10-11-17)9-5-6-12-18-14-8-4-3-7-13(14)15/h3-4,7-8,17H,5-6,9-12H2,1-2H3/q+1. The summed E-state index contributed by atoms with van der Waals surface area (Å²) in [5.41, 5.74) is 0. The second-order valence-corrected chi connectivity index (χ2v) is 6.25. The first kappa shape index (κ1) is 15.7. The largest absolute Gasteiger partial charge is 0.492 e. The average molecular weight is 364 g/mol. The summed E-state index contributed by atoms with van der Waals surface area (Å²) in [7, 11) is 4.30. The van der Waals surface area contributed by atoms with Gasteiger partial charge in [-0.05, 0) is 47.6 Å². The predicted octanol–water partition coefficient (Wildman–Crippen LogP) is 2.52. The Morgan fingerprint density at radius 3 is 2.56 bits per heavy atom. The van der Waals surface area contributed by atoms with Crippen LogP contribution in [-0.2, 0) is 0 Å². The van der Waals surface area contributed by atoms with Crippen LogP contribution >= 0.6 is 22.6 Å². The van der Waals surface area contributed by atoms with Crippen molar-refractivity contribution >= 4 is 22.6 Å². The number of benzene rings is 1. The summed E-state index contributed by atoms with van der Waals surface area (Å²) in [5, 5.41) is 8.94. The minimum atomic E-state index is 0.256. The van der Waals surface area contributed by atoms with Gasteiger partial charge in [0.1, 0.15) is 12.3 Å². The molecular weight excluding hydrogens is 341 g/mol. The van der Waals surface area contributed by atoms with Crippen LogP contribution in [0.2, 0.25) is 0 Å². The zero-order valence-corrected chi connectivity index (χ0v) is 13.4. The van der Waals surface area contributed by atoms with Crippen molar-refractivity contribution in [3.63, 3.8) is 0 Å². The highest BCUT2D eigenvalue weighted by atomic mass is 127. The molecule has 0 radical (unpaired) electrons. The van der Waals surface area contributed by atoms with E-state index in [1.165, 1.54) is 0 Å². The monoisotopic (exact) mass is 364 g/mol. The number of ether oxygens (including phenoxy) is 1. The summed E-state index contributed by atoms with van der Waals surface area (Å²) in [6.45, 7) is 2.91. The Morgan fingerprint density at radius 1 is 1.17 bits per heavy atom. The Hall–Kier alpha value is -0.330. The lowest BCUT2D eigenvalue weighted by Crippen LogP contribution is -2.42. The molecule has 0 spiro atoms. The number of rotatable bonds is 8. The number of halogens is 1. The number of likely N-dealkylation sites (N-methyl/N-ethyl adjacent to an activating group) is 1. The fourth-order valence-electron chi connectivity index (χ4n) is 1.77. The van der Waals surface area contributed by atoms with E-state index in [-0.39, 0.29) is 6.61 Å². The van der Waals surface area contributed by atoms with Gasteiger partial charge in [-0.1, -0.05) is 12.1 Å². The Labute approximate surface area is 123 Å². The molecule has 4 heteroatoms. The predicted molar refractivity (Wildman–Crippen MR) is 82.8 cm³/mol. The van der Waals surface area contributed by atoms with E-state index >= 15 is 0 Å². The third-order valence-corrected chi connectivity index (χ3v) is 3.85. The molecule has 0 amide bonds. The van der Waals surface area contributed by atoms with Gasteiger partial charge >= 0.3 is 0 Å². The fourth-order valence-corrected chi connectivity index (χ4v) is 2.31. The fraction of sp³-hybridized carbons (Fsp3) is 0.571. The van der Waals surface area contributed by atoms with Crippen LogP contribution in [0.15, 0.2) is 24.3 Å². The van der Waals surface area contributed by atoms with Gasteiger partial charge in [-0.2, -0.15) is 0 Å². The van der Waals surface area contributed by atoms with Crippen LogP contribution in [0.4, 0.5) is 0 Å². The van der Waals surface area contributed by atoms with Crippen LogP contribution < -0.4 is 4.74 Å².